The highest BCUT2D eigenvalue weighted by Crippen LogP contribution is 2.39. The number of hydrogen-bond donors (Lipinski definition) is 3. The summed E-state index contributed by atoms with van der Waals surface area (Å²) in [6.45, 7) is 0.732. The zero-order chi connectivity index (χ0) is 13.7. The molecule has 1 aliphatic rings. The van der Waals surface area contributed by atoms with Gasteiger partial charge in [-0.05, 0) is 49.9 Å². The zero-order valence-corrected chi connectivity index (χ0v) is 11.4. The summed E-state index contributed by atoms with van der Waals surface area (Å²) in [4.78, 5) is 0. The normalized spacial score (nSPS) is 18.1. The lowest BCUT2D eigenvalue weighted by atomic mass is 9.95. The van der Waals surface area contributed by atoms with Crippen LogP contribution >= 0.6 is 0 Å². The van der Waals surface area contributed by atoms with Gasteiger partial charge in [0.2, 0.25) is 0 Å². The summed E-state index contributed by atoms with van der Waals surface area (Å²) in [7, 11) is 1.88. The second kappa shape index (κ2) is 6.37. The van der Waals surface area contributed by atoms with Crippen LogP contribution in [-0.2, 0) is 6.42 Å². The number of nitrogens with one attached hydrogen (secondary N) is 1. The van der Waals surface area contributed by atoms with Crippen LogP contribution in [0.1, 0.15) is 18.4 Å². The van der Waals surface area contributed by atoms with Crippen LogP contribution in [0.15, 0.2) is 24.3 Å². The molecule has 3 N–H and O–H groups in total. The quantitative estimate of drug-likeness (QED) is 0.655. The van der Waals surface area contributed by atoms with Crippen LogP contribution < -0.4 is 10.1 Å². The summed E-state index contributed by atoms with van der Waals surface area (Å²) in [5.74, 6) is 1.31. The van der Waals surface area contributed by atoms with Gasteiger partial charge in [0.05, 0.1) is 12.1 Å². The number of rotatable bonds is 8. The number of benzene rings is 1. The highest BCUT2D eigenvalue weighted by molar-refractivity contribution is 5.27. The molecule has 4 nitrogen and oxygen atoms in total. The molecule has 1 atom stereocenters. The third-order valence-corrected chi connectivity index (χ3v) is 3.96. The lowest BCUT2D eigenvalue weighted by Gasteiger charge is -2.31. The van der Waals surface area contributed by atoms with Gasteiger partial charge in [-0.25, -0.2) is 0 Å². The van der Waals surface area contributed by atoms with Gasteiger partial charge < -0.3 is 20.3 Å². The Balaban J connectivity index is 1.93. The van der Waals surface area contributed by atoms with E-state index in [0.717, 1.165) is 24.2 Å². The van der Waals surface area contributed by atoms with E-state index in [1.807, 2.05) is 31.3 Å². The Bertz CT molecular complexity index is 383. The predicted molar refractivity (Wildman–Crippen MR) is 74.3 cm³/mol. The Labute approximate surface area is 114 Å². The fourth-order valence-corrected chi connectivity index (χ4v) is 2.38. The van der Waals surface area contributed by atoms with Crippen LogP contribution in [0.3, 0.4) is 0 Å². The van der Waals surface area contributed by atoms with Crippen molar-refractivity contribution in [3.8, 4) is 5.75 Å². The third-order valence-electron chi connectivity index (χ3n) is 3.96. The Morgan fingerprint density at radius 2 is 1.95 bits per heavy atom. The molecule has 0 amide bonds. The maximum atomic E-state index is 9.61. The standard InChI is InChI=1S/C15H23NO3/c1-16-15(10-18,13-4-5-13)11-19-14-6-2-12(3-7-14)8-9-17/h2-3,6-7,13,16-18H,4-5,8-11H2,1H3. The molecule has 106 valence electrons. The average molecular weight is 265 g/mol. The minimum atomic E-state index is -0.316. The fourth-order valence-electron chi connectivity index (χ4n) is 2.38. The largest absolute Gasteiger partial charge is 0.492 e. The number of aliphatic hydroxyl groups is 2. The zero-order valence-electron chi connectivity index (χ0n) is 11.4. The fraction of sp³-hybridized carbons (Fsp3) is 0.600. The molecule has 1 aromatic carbocycles. The topological polar surface area (TPSA) is 61.7 Å². The Kier molecular flexibility index (Phi) is 4.80. The molecule has 0 saturated heterocycles. The van der Waals surface area contributed by atoms with Crippen molar-refractivity contribution in [3.05, 3.63) is 29.8 Å². The molecule has 0 aliphatic heterocycles. The van der Waals surface area contributed by atoms with Crippen LogP contribution in [0, 0.1) is 5.92 Å². The molecule has 0 radical (unpaired) electrons. The molecule has 0 spiro atoms. The summed E-state index contributed by atoms with van der Waals surface area (Å²) in [6.07, 6.45) is 2.97. The Hall–Kier alpha value is -1.10. The lowest BCUT2D eigenvalue weighted by molar-refractivity contribution is 0.0915. The van der Waals surface area contributed by atoms with E-state index in [1.165, 1.54) is 0 Å². The van der Waals surface area contributed by atoms with E-state index in [0.29, 0.717) is 18.9 Å². The molecule has 0 bridgehead atoms. The molecular weight excluding hydrogens is 242 g/mol. The van der Waals surface area contributed by atoms with E-state index in [-0.39, 0.29) is 18.8 Å². The molecule has 1 aliphatic carbocycles. The van der Waals surface area contributed by atoms with E-state index >= 15 is 0 Å². The molecule has 1 unspecified atom stereocenters. The van der Waals surface area contributed by atoms with Gasteiger partial charge in [0.25, 0.3) is 0 Å². The SMILES string of the molecule is CNC(CO)(COc1ccc(CCO)cc1)C1CC1. The van der Waals surface area contributed by atoms with E-state index in [1.54, 1.807) is 0 Å². The van der Waals surface area contributed by atoms with Gasteiger partial charge in [0.15, 0.2) is 0 Å². The van der Waals surface area contributed by atoms with Crippen LogP contribution in [0.2, 0.25) is 0 Å². The maximum absolute atomic E-state index is 9.61. The van der Waals surface area contributed by atoms with Crippen molar-refractivity contribution >= 4 is 0 Å². The van der Waals surface area contributed by atoms with E-state index in [4.69, 9.17) is 9.84 Å². The van der Waals surface area contributed by atoms with Crippen molar-refractivity contribution < 1.29 is 14.9 Å². The van der Waals surface area contributed by atoms with Gasteiger partial charge in [0.1, 0.15) is 12.4 Å². The highest BCUT2D eigenvalue weighted by Gasteiger charge is 2.44. The molecule has 1 fully saturated rings. The number of hydrogen-bond acceptors (Lipinski definition) is 4. The predicted octanol–water partition coefficient (Wildman–Crippen LogP) is 0.961. The summed E-state index contributed by atoms with van der Waals surface area (Å²) in [5, 5.41) is 21.7. The minimum Gasteiger partial charge on any atom is -0.492 e. The summed E-state index contributed by atoms with van der Waals surface area (Å²) >= 11 is 0. The average Bonchev–Trinajstić information content (AvgIpc) is 3.28. The van der Waals surface area contributed by atoms with E-state index < -0.39 is 0 Å². The molecule has 1 saturated carbocycles. The van der Waals surface area contributed by atoms with Crippen LogP contribution in [-0.4, -0.2) is 42.6 Å². The van der Waals surface area contributed by atoms with Gasteiger partial charge >= 0.3 is 0 Å². The van der Waals surface area contributed by atoms with Crippen molar-refractivity contribution in [3.63, 3.8) is 0 Å². The van der Waals surface area contributed by atoms with Gasteiger partial charge in [-0.15, -0.1) is 0 Å². The van der Waals surface area contributed by atoms with E-state index in [9.17, 15) is 5.11 Å². The minimum absolute atomic E-state index is 0.0940. The smallest absolute Gasteiger partial charge is 0.119 e. The van der Waals surface area contributed by atoms with Crippen LogP contribution in [0.5, 0.6) is 5.75 Å². The summed E-state index contributed by atoms with van der Waals surface area (Å²) < 4.78 is 5.80. The number of likely N-dealkylation sites (N-methyl/N-ethyl adjacent to an activating group) is 1. The van der Waals surface area contributed by atoms with Gasteiger partial charge in [0, 0.05) is 6.61 Å². The van der Waals surface area contributed by atoms with Crippen molar-refractivity contribution in [2.24, 2.45) is 5.92 Å². The number of ether oxygens (including phenoxy) is 1. The lowest BCUT2D eigenvalue weighted by Crippen LogP contribution is -2.53. The van der Waals surface area contributed by atoms with Crippen molar-refractivity contribution in [2.45, 2.75) is 24.8 Å². The Morgan fingerprint density at radius 3 is 2.42 bits per heavy atom. The second-order valence-corrected chi connectivity index (χ2v) is 5.24. The number of aliphatic hydroxyl groups excluding tert-OH is 2. The summed E-state index contributed by atoms with van der Waals surface area (Å²) in [5.41, 5.74) is 0.781. The first kappa shape index (κ1) is 14.3. The first-order valence-electron chi connectivity index (χ1n) is 6.86. The molecular formula is C15H23NO3. The molecule has 0 heterocycles. The third kappa shape index (κ3) is 3.47. The second-order valence-electron chi connectivity index (χ2n) is 5.24. The van der Waals surface area contributed by atoms with Crippen molar-refractivity contribution in [1.82, 2.24) is 5.32 Å². The van der Waals surface area contributed by atoms with Crippen molar-refractivity contribution in [2.75, 3.05) is 26.9 Å². The van der Waals surface area contributed by atoms with E-state index in [2.05, 4.69) is 5.32 Å². The molecule has 0 aromatic heterocycles. The van der Waals surface area contributed by atoms with Gasteiger partial charge in [-0.1, -0.05) is 12.1 Å². The molecule has 4 heteroatoms. The molecule has 1 aromatic rings. The van der Waals surface area contributed by atoms with Crippen LogP contribution in [0.4, 0.5) is 0 Å². The first-order chi connectivity index (χ1) is 9.24. The van der Waals surface area contributed by atoms with Crippen LogP contribution in [0.25, 0.3) is 0 Å². The molecule has 2 rings (SSSR count). The summed E-state index contributed by atoms with van der Waals surface area (Å²) in [6, 6.07) is 7.75. The highest BCUT2D eigenvalue weighted by atomic mass is 16.5. The van der Waals surface area contributed by atoms with Crippen molar-refractivity contribution in [1.29, 1.82) is 0 Å². The van der Waals surface area contributed by atoms with Gasteiger partial charge in [-0.3, -0.25) is 0 Å². The Morgan fingerprint density at radius 1 is 1.26 bits per heavy atom. The monoisotopic (exact) mass is 265 g/mol. The van der Waals surface area contributed by atoms with Gasteiger partial charge in [-0.2, -0.15) is 0 Å². The maximum Gasteiger partial charge on any atom is 0.119 e. The first-order valence-corrected chi connectivity index (χ1v) is 6.86. The molecule has 19 heavy (non-hydrogen) atoms.